The second kappa shape index (κ2) is 6.27. The normalized spacial score (nSPS) is 18.1. The SMILES string of the molecule is CNC(CCC1Cc2cc(F)ccc2O1)c1ccccc1. The van der Waals surface area contributed by atoms with Gasteiger partial charge in [0, 0.05) is 18.0 Å². The van der Waals surface area contributed by atoms with Crippen molar-refractivity contribution in [1.82, 2.24) is 5.32 Å². The standard InChI is InChI=1S/C18H20FNO/c1-20-17(13-5-3-2-4-6-13)9-8-16-12-14-11-15(19)7-10-18(14)21-16/h2-7,10-11,16-17,20H,8-9,12H2,1H3. The molecule has 3 heteroatoms. The van der Waals surface area contributed by atoms with Crippen molar-refractivity contribution in [2.24, 2.45) is 0 Å². The fraction of sp³-hybridized carbons (Fsp3) is 0.333. The van der Waals surface area contributed by atoms with Crippen LogP contribution < -0.4 is 10.1 Å². The van der Waals surface area contributed by atoms with Crippen LogP contribution in [0.15, 0.2) is 48.5 Å². The van der Waals surface area contributed by atoms with Gasteiger partial charge in [0.25, 0.3) is 0 Å². The molecule has 21 heavy (non-hydrogen) atoms. The zero-order valence-corrected chi connectivity index (χ0v) is 12.2. The zero-order chi connectivity index (χ0) is 14.7. The van der Waals surface area contributed by atoms with E-state index in [-0.39, 0.29) is 11.9 Å². The highest BCUT2D eigenvalue weighted by Crippen LogP contribution is 2.32. The van der Waals surface area contributed by atoms with E-state index in [9.17, 15) is 4.39 Å². The molecule has 0 amide bonds. The lowest BCUT2D eigenvalue weighted by molar-refractivity contribution is 0.212. The number of hydrogen-bond acceptors (Lipinski definition) is 2. The van der Waals surface area contributed by atoms with Crippen LogP contribution in [0.5, 0.6) is 5.75 Å². The van der Waals surface area contributed by atoms with Crippen LogP contribution in [0.4, 0.5) is 4.39 Å². The van der Waals surface area contributed by atoms with Crippen LogP contribution in [0.1, 0.15) is 30.0 Å². The molecule has 2 aromatic rings. The Kier molecular flexibility index (Phi) is 4.20. The van der Waals surface area contributed by atoms with Crippen molar-refractivity contribution < 1.29 is 9.13 Å². The number of halogens is 1. The van der Waals surface area contributed by atoms with E-state index in [1.807, 2.05) is 13.1 Å². The summed E-state index contributed by atoms with van der Waals surface area (Å²) in [7, 11) is 1.98. The lowest BCUT2D eigenvalue weighted by atomic mass is 9.98. The van der Waals surface area contributed by atoms with Gasteiger partial charge in [0.05, 0.1) is 0 Å². The highest BCUT2D eigenvalue weighted by atomic mass is 19.1. The fourth-order valence-electron chi connectivity index (χ4n) is 2.97. The van der Waals surface area contributed by atoms with Gasteiger partial charge in [-0.2, -0.15) is 0 Å². The third kappa shape index (κ3) is 3.24. The first-order valence-electron chi connectivity index (χ1n) is 7.43. The van der Waals surface area contributed by atoms with E-state index in [0.717, 1.165) is 30.6 Å². The molecule has 1 N–H and O–H groups in total. The van der Waals surface area contributed by atoms with Gasteiger partial charge in [-0.3, -0.25) is 0 Å². The predicted molar refractivity (Wildman–Crippen MR) is 82.0 cm³/mol. The van der Waals surface area contributed by atoms with Crippen LogP contribution in [-0.2, 0) is 6.42 Å². The molecule has 1 heterocycles. The molecule has 2 aromatic carbocycles. The van der Waals surface area contributed by atoms with Gasteiger partial charge >= 0.3 is 0 Å². The number of benzene rings is 2. The summed E-state index contributed by atoms with van der Waals surface area (Å²) in [6.07, 6.45) is 2.91. The molecule has 0 saturated carbocycles. The van der Waals surface area contributed by atoms with Gasteiger partial charge in [-0.05, 0) is 43.7 Å². The molecule has 0 spiro atoms. The lowest BCUT2D eigenvalue weighted by Crippen LogP contribution is -2.20. The van der Waals surface area contributed by atoms with Crippen molar-refractivity contribution in [3.8, 4) is 5.75 Å². The monoisotopic (exact) mass is 285 g/mol. The Hall–Kier alpha value is -1.87. The molecule has 110 valence electrons. The van der Waals surface area contributed by atoms with Gasteiger partial charge in [0.1, 0.15) is 17.7 Å². The third-order valence-corrected chi connectivity index (χ3v) is 4.09. The highest BCUT2D eigenvalue weighted by Gasteiger charge is 2.24. The van der Waals surface area contributed by atoms with Crippen molar-refractivity contribution in [3.05, 3.63) is 65.5 Å². The van der Waals surface area contributed by atoms with Crippen LogP contribution >= 0.6 is 0 Å². The Bertz CT molecular complexity index is 599. The summed E-state index contributed by atoms with van der Waals surface area (Å²) in [4.78, 5) is 0. The molecule has 0 fully saturated rings. The fourth-order valence-corrected chi connectivity index (χ4v) is 2.97. The van der Waals surface area contributed by atoms with Gasteiger partial charge in [0.2, 0.25) is 0 Å². The maximum Gasteiger partial charge on any atom is 0.123 e. The van der Waals surface area contributed by atoms with E-state index in [4.69, 9.17) is 4.74 Å². The summed E-state index contributed by atoms with van der Waals surface area (Å²) in [6, 6.07) is 15.5. The Labute approximate surface area is 125 Å². The average Bonchev–Trinajstić information content (AvgIpc) is 2.91. The second-order valence-electron chi connectivity index (χ2n) is 5.53. The number of fused-ring (bicyclic) bond motifs is 1. The molecular weight excluding hydrogens is 265 g/mol. The van der Waals surface area contributed by atoms with Crippen LogP contribution in [0.2, 0.25) is 0 Å². The minimum Gasteiger partial charge on any atom is -0.490 e. The van der Waals surface area contributed by atoms with Crippen molar-refractivity contribution in [3.63, 3.8) is 0 Å². The maximum atomic E-state index is 13.2. The molecule has 0 aromatic heterocycles. The first-order valence-corrected chi connectivity index (χ1v) is 7.43. The minimum absolute atomic E-state index is 0.154. The Morgan fingerprint density at radius 3 is 2.81 bits per heavy atom. The van der Waals surface area contributed by atoms with Gasteiger partial charge in [-0.15, -0.1) is 0 Å². The van der Waals surface area contributed by atoms with Crippen molar-refractivity contribution in [2.75, 3.05) is 7.05 Å². The summed E-state index contributed by atoms with van der Waals surface area (Å²) in [5.74, 6) is 0.650. The molecule has 3 rings (SSSR count). The molecule has 1 aliphatic rings. The van der Waals surface area contributed by atoms with Crippen molar-refractivity contribution in [2.45, 2.75) is 31.4 Å². The first kappa shape index (κ1) is 14.1. The van der Waals surface area contributed by atoms with Crippen molar-refractivity contribution in [1.29, 1.82) is 0 Å². The van der Waals surface area contributed by atoms with Gasteiger partial charge in [0.15, 0.2) is 0 Å². The molecule has 2 unspecified atom stereocenters. The maximum absolute atomic E-state index is 13.2. The van der Waals surface area contributed by atoms with E-state index in [0.29, 0.717) is 6.04 Å². The summed E-state index contributed by atoms with van der Waals surface area (Å²) < 4.78 is 19.1. The van der Waals surface area contributed by atoms with Crippen LogP contribution in [0.25, 0.3) is 0 Å². The van der Waals surface area contributed by atoms with Crippen LogP contribution in [0, 0.1) is 5.82 Å². The predicted octanol–water partition coefficient (Wildman–Crippen LogP) is 3.87. The van der Waals surface area contributed by atoms with Gasteiger partial charge in [-0.25, -0.2) is 4.39 Å². The van der Waals surface area contributed by atoms with E-state index >= 15 is 0 Å². The van der Waals surface area contributed by atoms with E-state index < -0.39 is 0 Å². The van der Waals surface area contributed by atoms with E-state index in [1.54, 1.807) is 12.1 Å². The van der Waals surface area contributed by atoms with Gasteiger partial charge < -0.3 is 10.1 Å². The lowest BCUT2D eigenvalue weighted by Gasteiger charge is -2.19. The average molecular weight is 285 g/mol. The quantitative estimate of drug-likeness (QED) is 0.900. The molecule has 0 bridgehead atoms. The largest absolute Gasteiger partial charge is 0.490 e. The molecule has 1 aliphatic heterocycles. The first-order chi connectivity index (χ1) is 10.3. The molecular formula is C18H20FNO. The summed E-state index contributed by atoms with van der Waals surface area (Å²) >= 11 is 0. The van der Waals surface area contributed by atoms with E-state index in [1.165, 1.54) is 11.6 Å². The molecule has 0 aliphatic carbocycles. The number of ether oxygens (including phenoxy) is 1. The Balaban J connectivity index is 1.59. The van der Waals surface area contributed by atoms with E-state index in [2.05, 4.69) is 29.6 Å². The number of hydrogen-bond donors (Lipinski definition) is 1. The summed E-state index contributed by atoms with van der Waals surface area (Å²) in [6.45, 7) is 0. The highest BCUT2D eigenvalue weighted by molar-refractivity contribution is 5.37. The molecule has 0 radical (unpaired) electrons. The zero-order valence-electron chi connectivity index (χ0n) is 12.2. The Morgan fingerprint density at radius 2 is 2.05 bits per heavy atom. The number of rotatable bonds is 5. The molecule has 0 saturated heterocycles. The smallest absolute Gasteiger partial charge is 0.123 e. The molecule has 2 nitrogen and oxygen atoms in total. The summed E-state index contributed by atoms with van der Waals surface area (Å²) in [5, 5.41) is 3.36. The van der Waals surface area contributed by atoms with Crippen LogP contribution in [-0.4, -0.2) is 13.2 Å². The third-order valence-electron chi connectivity index (χ3n) is 4.09. The second-order valence-corrected chi connectivity index (χ2v) is 5.53. The van der Waals surface area contributed by atoms with Gasteiger partial charge in [-0.1, -0.05) is 30.3 Å². The van der Waals surface area contributed by atoms with Crippen molar-refractivity contribution >= 4 is 0 Å². The summed E-state index contributed by atoms with van der Waals surface area (Å²) in [5.41, 5.74) is 2.28. The minimum atomic E-state index is -0.185. The Morgan fingerprint density at radius 1 is 1.24 bits per heavy atom. The number of nitrogens with one attached hydrogen (secondary N) is 1. The topological polar surface area (TPSA) is 21.3 Å². The van der Waals surface area contributed by atoms with Crippen LogP contribution in [0.3, 0.4) is 0 Å². The molecule has 2 atom stereocenters.